The molecule has 0 atom stereocenters. The van der Waals surface area contributed by atoms with Gasteiger partial charge in [0.25, 0.3) is 11.2 Å². The van der Waals surface area contributed by atoms with Gasteiger partial charge in [-0.1, -0.05) is 34.8 Å². The summed E-state index contributed by atoms with van der Waals surface area (Å²) >= 11 is 17.6. The van der Waals surface area contributed by atoms with Crippen LogP contribution in [0.25, 0.3) is 5.69 Å². The van der Waals surface area contributed by atoms with Crippen molar-refractivity contribution in [2.24, 2.45) is 10.2 Å². The minimum atomic E-state index is -0.625. The van der Waals surface area contributed by atoms with Gasteiger partial charge in [-0.2, -0.15) is 5.11 Å². The lowest BCUT2D eigenvalue weighted by molar-refractivity contribution is -0.384. The number of aromatic amines is 1. The molecule has 27 heavy (non-hydrogen) atoms. The Morgan fingerprint density at radius 3 is 2.41 bits per heavy atom. The van der Waals surface area contributed by atoms with E-state index in [1.165, 1.54) is 28.9 Å². The summed E-state index contributed by atoms with van der Waals surface area (Å²) < 4.78 is 1.25. The first-order valence-electron chi connectivity index (χ1n) is 7.40. The van der Waals surface area contributed by atoms with Crippen molar-refractivity contribution in [1.82, 2.24) is 9.78 Å². The Labute approximate surface area is 167 Å². The second-order valence-electron chi connectivity index (χ2n) is 5.42. The highest BCUT2D eigenvalue weighted by Crippen LogP contribution is 2.30. The van der Waals surface area contributed by atoms with Crippen LogP contribution in [0, 0.1) is 17.0 Å². The van der Waals surface area contributed by atoms with Gasteiger partial charge in [-0.15, -0.1) is 5.11 Å². The molecule has 0 saturated heterocycles. The predicted molar refractivity (Wildman–Crippen MR) is 103 cm³/mol. The lowest BCUT2D eigenvalue weighted by Gasteiger charge is -2.02. The summed E-state index contributed by atoms with van der Waals surface area (Å²) in [6.07, 6.45) is 0. The maximum Gasteiger partial charge on any atom is 0.299 e. The summed E-state index contributed by atoms with van der Waals surface area (Å²) in [6, 6.07) is 8.69. The number of aryl methyl sites for hydroxylation is 1. The summed E-state index contributed by atoms with van der Waals surface area (Å²) in [4.78, 5) is 22.9. The molecule has 1 N–H and O–H groups in total. The molecule has 3 aromatic rings. The molecule has 138 valence electrons. The smallest absolute Gasteiger partial charge is 0.293 e. The number of aromatic nitrogens is 2. The fourth-order valence-electron chi connectivity index (χ4n) is 2.27. The summed E-state index contributed by atoms with van der Waals surface area (Å²) in [7, 11) is 0. The molecule has 11 heteroatoms. The van der Waals surface area contributed by atoms with E-state index < -0.39 is 10.5 Å². The van der Waals surface area contributed by atoms with E-state index in [0.717, 1.165) is 0 Å². The molecule has 0 unspecified atom stereocenters. The number of benzene rings is 2. The lowest BCUT2D eigenvalue weighted by Crippen LogP contribution is -2.13. The van der Waals surface area contributed by atoms with Gasteiger partial charge in [0, 0.05) is 6.07 Å². The molecule has 1 heterocycles. The van der Waals surface area contributed by atoms with Gasteiger partial charge in [0.05, 0.1) is 32.0 Å². The Balaban J connectivity index is 1.99. The number of hydrogen-bond donors (Lipinski definition) is 1. The third kappa shape index (κ3) is 3.87. The maximum absolute atomic E-state index is 12.6. The van der Waals surface area contributed by atoms with E-state index in [4.69, 9.17) is 34.8 Å². The normalized spacial score (nSPS) is 11.3. The second-order valence-corrected chi connectivity index (χ2v) is 6.64. The molecule has 0 aliphatic rings. The van der Waals surface area contributed by atoms with E-state index in [9.17, 15) is 14.9 Å². The van der Waals surface area contributed by atoms with Crippen molar-refractivity contribution in [2.45, 2.75) is 6.92 Å². The molecule has 1 aromatic heterocycles. The largest absolute Gasteiger partial charge is 0.299 e. The highest BCUT2D eigenvalue weighted by molar-refractivity contribution is 6.42. The number of hydrogen-bond acceptors (Lipinski definition) is 5. The third-order valence-electron chi connectivity index (χ3n) is 3.59. The monoisotopic (exact) mass is 425 g/mol. The Bertz CT molecular complexity index is 1140. The molecular weight excluding hydrogens is 417 g/mol. The first kappa shape index (κ1) is 19.1. The summed E-state index contributed by atoms with van der Waals surface area (Å²) in [5.41, 5.74) is 0.412. The first-order valence-corrected chi connectivity index (χ1v) is 8.54. The number of rotatable bonds is 4. The number of nitro benzene ring substituents is 1. The molecule has 0 aliphatic heterocycles. The lowest BCUT2D eigenvalue weighted by atomic mass is 10.3. The van der Waals surface area contributed by atoms with Crippen LogP contribution in [-0.4, -0.2) is 14.7 Å². The van der Waals surface area contributed by atoms with Crippen molar-refractivity contribution in [3.63, 3.8) is 0 Å². The molecule has 8 nitrogen and oxygen atoms in total. The summed E-state index contributed by atoms with van der Waals surface area (Å²) in [6.45, 7) is 1.65. The SMILES string of the molecule is Cc1[nH]n(-c2ccc(Cl)c(Cl)c2)c(=O)c1N=Nc1ccc(Cl)c([N+](=O)[O-])c1. The first-order chi connectivity index (χ1) is 12.8. The van der Waals surface area contributed by atoms with Crippen molar-refractivity contribution in [2.75, 3.05) is 0 Å². The molecule has 0 saturated carbocycles. The Kier molecular flexibility index (Phi) is 5.31. The zero-order chi connectivity index (χ0) is 19.7. The van der Waals surface area contributed by atoms with E-state index in [1.807, 2.05) is 0 Å². The van der Waals surface area contributed by atoms with E-state index in [2.05, 4.69) is 15.3 Å². The molecule has 0 radical (unpaired) electrons. The van der Waals surface area contributed by atoms with Crippen molar-refractivity contribution in [1.29, 1.82) is 0 Å². The quantitative estimate of drug-likeness (QED) is 0.326. The summed E-state index contributed by atoms with van der Waals surface area (Å²) in [5.74, 6) is 0. The van der Waals surface area contributed by atoms with Crippen molar-refractivity contribution in [3.8, 4) is 5.69 Å². The zero-order valence-corrected chi connectivity index (χ0v) is 15.9. The Morgan fingerprint density at radius 1 is 1.04 bits per heavy atom. The minimum absolute atomic E-state index is 0.0150. The van der Waals surface area contributed by atoms with Gasteiger partial charge >= 0.3 is 0 Å². The minimum Gasteiger partial charge on any atom is -0.293 e. The van der Waals surface area contributed by atoms with Crippen LogP contribution in [0.4, 0.5) is 17.1 Å². The number of nitro groups is 1. The van der Waals surface area contributed by atoms with E-state index in [-0.39, 0.29) is 22.1 Å². The van der Waals surface area contributed by atoms with Crippen LogP contribution in [-0.2, 0) is 0 Å². The van der Waals surface area contributed by atoms with Gasteiger partial charge < -0.3 is 0 Å². The van der Waals surface area contributed by atoms with Gasteiger partial charge in [0.15, 0.2) is 5.69 Å². The van der Waals surface area contributed by atoms with E-state index >= 15 is 0 Å². The standard InChI is InChI=1S/C16H10Cl3N5O3/c1-8-15(21-20-9-2-4-12(18)14(6-9)24(26)27)16(25)23(22-8)10-3-5-11(17)13(19)7-10/h2-7,22H,1H3. The topological polar surface area (TPSA) is 106 Å². The molecule has 0 aliphatic carbocycles. The number of halogens is 3. The van der Waals surface area contributed by atoms with Crippen molar-refractivity contribution >= 4 is 51.9 Å². The highest BCUT2D eigenvalue weighted by atomic mass is 35.5. The zero-order valence-electron chi connectivity index (χ0n) is 13.6. The number of nitrogens with zero attached hydrogens (tertiary/aromatic N) is 4. The fraction of sp³-hybridized carbons (Fsp3) is 0.0625. The van der Waals surface area contributed by atoms with Crippen LogP contribution in [0.15, 0.2) is 51.4 Å². The Hall–Kier alpha value is -2.68. The Morgan fingerprint density at radius 2 is 1.74 bits per heavy atom. The third-order valence-corrected chi connectivity index (χ3v) is 4.65. The van der Waals surface area contributed by atoms with Crippen molar-refractivity contribution in [3.05, 3.63) is 77.6 Å². The van der Waals surface area contributed by atoms with E-state index in [1.54, 1.807) is 19.1 Å². The molecule has 0 bridgehead atoms. The van der Waals surface area contributed by atoms with Gasteiger partial charge in [-0.25, -0.2) is 4.68 Å². The fourth-order valence-corrected chi connectivity index (χ4v) is 2.75. The van der Waals surface area contributed by atoms with Gasteiger partial charge in [0.2, 0.25) is 0 Å². The average Bonchev–Trinajstić information content (AvgIpc) is 2.90. The van der Waals surface area contributed by atoms with Crippen LogP contribution in [0.5, 0.6) is 0 Å². The number of azo groups is 1. The van der Waals surface area contributed by atoms with Crippen LogP contribution < -0.4 is 5.56 Å². The molecule has 3 rings (SSSR count). The molecule has 0 fully saturated rings. The highest BCUT2D eigenvalue weighted by Gasteiger charge is 2.15. The van der Waals surface area contributed by atoms with E-state index in [0.29, 0.717) is 21.4 Å². The van der Waals surface area contributed by atoms with Crippen LogP contribution in [0.2, 0.25) is 15.1 Å². The van der Waals surface area contributed by atoms with Gasteiger partial charge in [-0.3, -0.25) is 20.0 Å². The molecule has 0 amide bonds. The number of nitrogens with one attached hydrogen (secondary N) is 1. The predicted octanol–water partition coefficient (Wildman–Crippen LogP) is 5.76. The second kappa shape index (κ2) is 7.51. The molecule has 0 spiro atoms. The molecular formula is C16H10Cl3N5O3. The average molecular weight is 427 g/mol. The number of H-pyrrole nitrogens is 1. The maximum atomic E-state index is 12.6. The molecule has 2 aromatic carbocycles. The van der Waals surface area contributed by atoms with Crippen LogP contribution >= 0.6 is 34.8 Å². The van der Waals surface area contributed by atoms with Crippen LogP contribution in [0.3, 0.4) is 0 Å². The van der Waals surface area contributed by atoms with Gasteiger partial charge in [0.1, 0.15) is 5.02 Å². The summed E-state index contributed by atoms with van der Waals surface area (Å²) in [5, 5.41) is 22.3. The van der Waals surface area contributed by atoms with Crippen LogP contribution in [0.1, 0.15) is 5.69 Å². The van der Waals surface area contributed by atoms with Crippen molar-refractivity contribution < 1.29 is 4.92 Å². The van der Waals surface area contributed by atoms with Gasteiger partial charge in [-0.05, 0) is 37.3 Å².